The van der Waals surface area contributed by atoms with Gasteiger partial charge in [0, 0.05) is 16.0 Å². The Kier molecular flexibility index (Phi) is 5.00. The number of cyclic esters (lactones) is 1. The Morgan fingerprint density at radius 2 is 1.78 bits per heavy atom. The van der Waals surface area contributed by atoms with E-state index >= 15 is 0 Å². The lowest BCUT2D eigenvalue weighted by Gasteiger charge is -2.37. The Hall–Kier alpha value is -2.21. The fraction of sp³-hybridized carbons (Fsp3) is 0.0952. The zero-order valence-electron chi connectivity index (χ0n) is 14.1. The molecule has 0 radical (unpaired) electrons. The molecule has 1 aromatic heterocycles. The number of halogens is 1. The van der Waals surface area contributed by atoms with E-state index < -0.39 is 11.6 Å². The number of ether oxygens (including phenoxy) is 1. The number of aliphatic hydroxyl groups excluding tert-OH is 1. The molecule has 0 amide bonds. The van der Waals surface area contributed by atoms with Gasteiger partial charge in [0.1, 0.15) is 10.7 Å². The summed E-state index contributed by atoms with van der Waals surface area (Å²) in [4.78, 5) is 13.8. The summed E-state index contributed by atoms with van der Waals surface area (Å²) in [6.45, 7) is 0. The molecule has 4 rings (SSSR count). The van der Waals surface area contributed by atoms with Gasteiger partial charge >= 0.3 is 5.97 Å². The molecule has 136 valence electrons. The van der Waals surface area contributed by atoms with E-state index in [1.165, 1.54) is 11.3 Å². The predicted octanol–water partition coefficient (Wildman–Crippen LogP) is 6.15. The predicted molar refractivity (Wildman–Crippen MR) is 109 cm³/mol. The van der Waals surface area contributed by atoms with E-state index in [4.69, 9.17) is 16.3 Å². The van der Waals surface area contributed by atoms with Gasteiger partial charge in [0.2, 0.25) is 0 Å². The van der Waals surface area contributed by atoms with E-state index in [2.05, 4.69) is 0 Å². The molecule has 0 saturated heterocycles. The van der Waals surface area contributed by atoms with Gasteiger partial charge in [-0.3, -0.25) is 0 Å². The zero-order valence-corrected chi connectivity index (χ0v) is 16.5. The SMILES string of the molecule is O=C1OC(c2ccccc2)(c2ccsc2)CC(O)=C1Sc1ccccc1Cl. The van der Waals surface area contributed by atoms with Gasteiger partial charge in [-0.25, -0.2) is 4.79 Å². The van der Waals surface area contributed by atoms with Crippen LogP contribution in [0.2, 0.25) is 5.02 Å². The minimum atomic E-state index is -1.03. The molecule has 27 heavy (non-hydrogen) atoms. The summed E-state index contributed by atoms with van der Waals surface area (Å²) < 4.78 is 5.99. The zero-order chi connectivity index (χ0) is 18.9. The number of hydrogen-bond donors (Lipinski definition) is 1. The number of hydrogen-bond acceptors (Lipinski definition) is 5. The van der Waals surface area contributed by atoms with Crippen molar-refractivity contribution < 1.29 is 14.6 Å². The fourth-order valence-electron chi connectivity index (χ4n) is 3.10. The molecule has 2 heterocycles. The molecule has 0 saturated carbocycles. The van der Waals surface area contributed by atoms with Crippen molar-refractivity contribution in [3.05, 3.63) is 98.2 Å². The van der Waals surface area contributed by atoms with Gasteiger partial charge in [-0.1, -0.05) is 65.8 Å². The summed E-state index contributed by atoms with van der Waals surface area (Å²) in [6, 6.07) is 18.6. The molecule has 0 spiro atoms. The quantitative estimate of drug-likeness (QED) is 0.520. The Morgan fingerprint density at radius 3 is 2.44 bits per heavy atom. The number of carbonyl (C=O) groups is 1. The standard InChI is InChI=1S/C21H15ClO3S2/c22-16-8-4-5-9-18(16)27-19-17(23)12-21(25-20(19)24,15-10-11-26-13-15)14-6-2-1-3-7-14/h1-11,13,23H,12H2. The van der Waals surface area contributed by atoms with Crippen molar-refractivity contribution in [3.8, 4) is 0 Å². The first-order valence-corrected chi connectivity index (χ1v) is 10.4. The molecule has 1 N–H and O–H groups in total. The lowest BCUT2D eigenvalue weighted by Crippen LogP contribution is -2.38. The van der Waals surface area contributed by atoms with E-state index in [1.54, 1.807) is 12.1 Å². The van der Waals surface area contributed by atoms with Crippen LogP contribution in [0.5, 0.6) is 0 Å². The monoisotopic (exact) mass is 414 g/mol. The second kappa shape index (κ2) is 7.43. The first-order chi connectivity index (χ1) is 13.1. The number of thiophene rings is 1. The largest absolute Gasteiger partial charge is 0.511 e. The summed E-state index contributed by atoms with van der Waals surface area (Å²) in [6.07, 6.45) is 0.173. The van der Waals surface area contributed by atoms with Crippen LogP contribution in [0.3, 0.4) is 0 Å². The second-order valence-electron chi connectivity index (χ2n) is 6.08. The molecule has 3 aromatic rings. The number of esters is 1. The van der Waals surface area contributed by atoms with Crippen LogP contribution in [0.4, 0.5) is 0 Å². The summed E-state index contributed by atoms with van der Waals surface area (Å²) in [5, 5.41) is 15.2. The first-order valence-electron chi connectivity index (χ1n) is 8.26. The van der Waals surface area contributed by atoms with E-state index in [0.29, 0.717) is 9.92 Å². The van der Waals surface area contributed by atoms with E-state index in [9.17, 15) is 9.90 Å². The van der Waals surface area contributed by atoms with Crippen LogP contribution in [0, 0.1) is 0 Å². The molecule has 0 aliphatic carbocycles. The summed E-state index contributed by atoms with van der Waals surface area (Å²) in [5.41, 5.74) is 0.637. The fourth-order valence-corrected chi connectivity index (χ4v) is 4.92. The van der Waals surface area contributed by atoms with Crippen LogP contribution < -0.4 is 0 Å². The first kappa shape index (κ1) is 18.2. The van der Waals surface area contributed by atoms with Crippen molar-refractivity contribution in [2.45, 2.75) is 16.9 Å². The van der Waals surface area contributed by atoms with E-state index in [0.717, 1.165) is 22.9 Å². The van der Waals surface area contributed by atoms with Gasteiger partial charge < -0.3 is 9.84 Å². The van der Waals surface area contributed by atoms with Crippen LogP contribution in [0.1, 0.15) is 17.5 Å². The van der Waals surface area contributed by atoms with Crippen molar-refractivity contribution in [1.29, 1.82) is 0 Å². The number of aliphatic hydroxyl groups is 1. The van der Waals surface area contributed by atoms with Crippen LogP contribution in [-0.2, 0) is 15.1 Å². The van der Waals surface area contributed by atoms with Crippen LogP contribution in [0.25, 0.3) is 0 Å². The molecule has 6 heteroatoms. The Balaban J connectivity index is 1.77. The maximum atomic E-state index is 12.9. The Bertz CT molecular complexity index is 999. The smallest absolute Gasteiger partial charge is 0.349 e. The highest BCUT2D eigenvalue weighted by atomic mass is 35.5. The molecular formula is C21H15ClO3S2. The van der Waals surface area contributed by atoms with E-state index in [1.807, 2.05) is 59.3 Å². The third-order valence-corrected chi connectivity index (χ3v) is 6.71. The van der Waals surface area contributed by atoms with Crippen molar-refractivity contribution in [1.82, 2.24) is 0 Å². The number of carbonyl (C=O) groups excluding carboxylic acids is 1. The van der Waals surface area contributed by atoms with Crippen molar-refractivity contribution in [3.63, 3.8) is 0 Å². The lowest BCUT2D eigenvalue weighted by molar-refractivity contribution is -0.154. The second-order valence-corrected chi connectivity index (χ2v) is 8.32. The molecule has 2 aromatic carbocycles. The molecule has 1 atom stereocenters. The highest BCUT2D eigenvalue weighted by Gasteiger charge is 2.45. The highest BCUT2D eigenvalue weighted by molar-refractivity contribution is 8.04. The molecule has 3 nitrogen and oxygen atoms in total. The summed E-state index contributed by atoms with van der Waals surface area (Å²) in [5.74, 6) is -0.551. The maximum Gasteiger partial charge on any atom is 0.349 e. The molecule has 0 bridgehead atoms. The van der Waals surface area contributed by atoms with Gasteiger partial charge in [-0.05, 0) is 29.0 Å². The van der Waals surface area contributed by atoms with Crippen LogP contribution in [-0.4, -0.2) is 11.1 Å². The molecule has 1 unspecified atom stereocenters. The molecule has 0 fully saturated rings. The molecule has 1 aliphatic rings. The van der Waals surface area contributed by atoms with E-state index in [-0.39, 0.29) is 17.1 Å². The van der Waals surface area contributed by atoms with Crippen LogP contribution in [0.15, 0.2) is 87.0 Å². The number of rotatable bonds is 4. The van der Waals surface area contributed by atoms with Crippen molar-refractivity contribution in [2.75, 3.05) is 0 Å². The van der Waals surface area contributed by atoms with Crippen molar-refractivity contribution in [2.24, 2.45) is 0 Å². The molecule has 1 aliphatic heterocycles. The average molecular weight is 415 g/mol. The lowest BCUT2D eigenvalue weighted by atomic mass is 9.83. The minimum Gasteiger partial charge on any atom is -0.511 e. The van der Waals surface area contributed by atoms with Crippen LogP contribution >= 0.6 is 34.7 Å². The number of thioether (sulfide) groups is 1. The van der Waals surface area contributed by atoms with Gasteiger partial charge in [-0.2, -0.15) is 11.3 Å². The normalized spacial score (nSPS) is 19.8. The Labute approximate surface area is 170 Å². The maximum absolute atomic E-state index is 12.9. The highest BCUT2D eigenvalue weighted by Crippen LogP contribution is 2.47. The van der Waals surface area contributed by atoms with Gasteiger partial charge in [0.05, 0.1) is 11.4 Å². The average Bonchev–Trinajstić information content (AvgIpc) is 3.22. The number of benzene rings is 2. The van der Waals surface area contributed by atoms with Gasteiger partial charge in [0.15, 0.2) is 5.60 Å². The third-order valence-electron chi connectivity index (χ3n) is 4.41. The molecular weight excluding hydrogens is 400 g/mol. The van der Waals surface area contributed by atoms with Crippen molar-refractivity contribution >= 4 is 40.7 Å². The Morgan fingerprint density at radius 1 is 1.04 bits per heavy atom. The van der Waals surface area contributed by atoms with Gasteiger partial charge in [0.25, 0.3) is 0 Å². The summed E-state index contributed by atoms with van der Waals surface area (Å²) in [7, 11) is 0. The summed E-state index contributed by atoms with van der Waals surface area (Å²) >= 11 is 8.85. The third kappa shape index (κ3) is 3.38. The van der Waals surface area contributed by atoms with Gasteiger partial charge in [-0.15, -0.1) is 0 Å². The minimum absolute atomic E-state index is 0.00576. The topological polar surface area (TPSA) is 46.5 Å².